The lowest BCUT2D eigenvalue weighted by molar-refractivity contribution is 0.297. The van der Waals surface area contributed by atoms with Crippen LogP contribution in [0.2, 0.25) is 0 Å². The van der Waals surface area contributed by atoms with E-state index in [0.717, 1.165) is 32.4 Å². The van der Waals surface area contributed by atoms with Crippen molar-refractivity contribution in [1.29, 1.82) is 5.26 Å². The molecule has 0 saturated heterocycles. The van der Waals surface area contributed by atoms with Crippen LogP contribution in [0, 0.1) is 37.5 Å². The number of benzene rings is 1. The van der Waals surface area contributed by atoms with Crippen LogP contribution in [0.5, 0.6) is 0 Å². The van der Waals surface area contributed by atoms with Crippen molar-refractivity contribution in [2.24, 2.45) is 5.41 Å². The van der Waals surface area contributed by atoms with Gasteiger partial charge in [-0.2, -0.15) is 5.26 Å². The number of hydrogen-bond acceptors (Lipinski definition) is 2. The molecule has 1 saturated carbocycles. The van der Waals surface area contributed by atoms with E-state index >= 15 is 0 Å². The molecule has 2 nitrogen and oxygen atoms in total. The third-order valence-corrected chi connectivity index (χ3v) is 4.38. The number of likely N-dealkylation sites (N-methyl/N-ethyl adjacent to an activating group) is 1. The first-order chi connectivity index (χ1) is 8.96. The van der Waals surface area contributed by atoms with Crippen molar-refractivity contribution in [2.75, 3.05) is 20.1 Å². The first-order valence-electron chi connectivity index (χ1n) is 7.12. The van der Waals surface area contributed by atoms with E-state index in [1.54, 1.807) is 0 Å². The molecule has 1 aromatic carbocycles. The van der Waals surface area contributed by atoms with Crippen molar-refractivity contribution in [1.82, 2.24) is 4.90 Å². The minimum absolute atomic E-state index is 0.0208. The molecule has 0 radical (unpaired) electrons. The molecule has 2 heteroatoms. The van der Waals surface area contributed by atoms with Gasteiger partial charge < -0.3 is 4.90 Å². The largest absolute Gasteiger partial charge is 0.304 e. The minimum atomic E-state index is -0.0208. The van der Waals surface area contributed by atoms with Crippen molar-refractivity contribution < 1.29 is 0 Å². The molecule has 102 valence electrons. The lowest BCUT2D eigenvalue weighted by Crippen LogP contribution is -2.28. The van der Waals surface area contributed by atoms with Gasteiger partial charge in [0.05, 0.1) is 11.5 Å². The van der Waals surface area contributed by atoms with E-state index < -0.39 is 0 Å². The molecule has 0 atom stereocenters. The van der Waals surface area contributed by atoms with Crippen LogP contribution in [0.1, 0.15) is 35.1 Å². The van der Waals surface area contributed by atoms with Crippen molar-refractivity contribution in [3.05, 3.63) is 34.4 Å². The van der Waals surface area contributed by atoms with Gasteiger partial charge in [0.2, 0.25) is 0 Å². The maximum atomic E-state index is 9.13. The van der Waals surface area contributed by atoms with Gasteiger partial charge in [-0.15, -0.1) is 0 Å². The number of aryl methyl sites for hydroxylation is 3. The quantitative estimate of drug-likeness (QED) is 0.807. The van der Waals surface area contributed by atoms with Gasteiger partial charge in [0.1, 0.15) is 0 Å². The van der Waals surface area contributed by atoms with Crippen molar-refractivity contribution in [3.63, 3.8) is 0 Å². The van der Waals surface area contributed by atoms with Gasteiger partial charge in [0, 0.05) is 13.1 Å². The van der Waals surface area contributed by atoms with Crippen LogP contribution in [-0.4, -0.2) is 25.0 Å². The molecular formula is C17H24N2. The second kappa shape index (κ2) is 5.35. The smallest absolute Gasteiger partial charge is 0.0703 e. The van der Waals surface area contributed by atoms with Gasteiger partial charge in [-0.05, 0) is 69.3 Å². The van der Waals surface area contributed by atoms with Crippen LogP contribution < -0.4 is 0 Å². The monoisotopic (exact) mass is 256 g/mol. The SMILES string of the molecule is Cc1cc(C)c(CCN(C)CC2(C#N)CC2)cc1C. The van der Waals surface area contributed by atoms with Crippen LogP contribution in [0.4, 0.5) is 0 Å². The summed E-state index contributed by atoms with van der Waals surface area (Å²) in [6, 6.07) is 7.06. The van der Waals surface area contributed by atoms with Gasteiger partial charge in [-0.25, -0.2) is 0 Å². The molecule has 0 spiro atoms. The second-order valence-electron chi connectivity index (χ2n) is 6.24. The third-order valence-electron chi connectivity index (χ3n) is 4.38. The fraction of sp³-hybridized carbons (Fsp3) is 0.588. The van der Waals surface area contributed by atoms with Gasteiger partial charge >= 0.3 is 0 Å². The highest BCUT2D eigenvalue weighted by molar-refractivity contribution is 5.36. The molecule has 1 aliphatic rings. The van der Waals surface area contributed by atoms with E-state index in [0.29, 0.717) is 0 Å². The molecule has 0 aliphatic heterocycles. The Morgan fingerprint density at radius 2 is 1.79 bits per heavy atom. The number of nitrogens with zero attached hydrogens (tertiary/aromatic N) is 2. The average Bonchev–Trinajstić information content (AvgIpc) is 3.12. The summed E-state index contributed by atoms with van der Waals surface area (Å²) >= 11 is 0. The minimum Gasteiger partial charge on any atom is -0.304 e. The lowest BCUT2D eigenvalue weighted by Gasteiger charge is -2.20. The van der Waals surface area contributed by atoms with E-state index in [2.05, 4.69) is 50.9 Å². The van der Waals surface area contributed by atoms with E-state index in [4.69, 9.17) is 5.26 Å². The predicted octanol–water partition coefficient (Wildman–Crippen LogP) is 3.39. The Morgan fingerprint density at radius 1 is 1.16 bits per heavy atom. The third kappa shape index (κ3) is 3.36. The molecule has 0 heterocycles. The molecule has 0 bridgehead atoms. The fourth-order valence-corrected chi connectivity index (χ4v) is 2.65. The Labute approximate surface area is 117 Å². The average molecular weight is 256 g/mol. The maximum Gasteiger partial charge on any atom is 0.0703 e. The zero-order chi connectivity index (χ0) is 14.0. The summed E-state index contributed by atoms with van der Waals surface area (Å²) in [6.45, 7) is 8.50. The summed E-state index contributed by atoms with van der Waals surface area (Å²) in [6.07, 6.45) is 3.23. The van der Waals surface area contributed by atoms with Gasteiger partial charge in [0.15, 0.2) is 0 Å². The Morgan fingerprint density at radius 3 is 2.37 bits per heavy atom. The Balaban J connectivity index is 1.92. The van der Waals surface area contributed by atoms with Gasteiger partial charge in [0.25, 0.3) is 0 Å². The Hall–Kier alpha value is -1.33. The first-order valence-corrected chi connectivity index (χ1v) is 7.12. The lowest BCUT2D eigenvalue weighted by atomic mass is 9.98. The molecular weight excluding hydrogens is 232 g/mol. The molecule has 0 N–H and O–H groups in total. The molecule has 19 heavy (non-hydrogen) atoms. The van der Waals surface area contributed by atoms with Crippen LogP contribution in [0.25, 0.3) is 0 Å². The molecule has 0 unspecified atom stereocenters. The molecule has 0 aromatic heterocycles. The summed E-state index contributed by atoms with van der Waals surface area (Å²) in [5.74, 6) is 0. The van der Waals surface area contributed by atoms with Crippen LogP contribution in [-0.2, 0) is 6.42 Å². The summed E-state index contributed by atoms with van der Waals surface area (Å²) in [4.78, 5) is 2.31. The Bertz CT molecular complexity index is 507. The Kier molecular flexibility index (Phi) is 3.96. The molecule has 0 amide bonds. The summed E-state index contributed by atoms with van der Waals surface area (Å²) in [5.41, 5.74) is 5.55. The van der Waals surface area contributed by atoms with Gasteiger partial charge in [-0.3, -0.25) is 0 Å². The maximum absolute atomic E-state index is 9.13. The van der Waals surface area contributed by atoms with Crippen LogP contribution in [0.3, 0.4) is 0 Å². The van der Waals surface area contributed by atoms with E-state index in [-0.39, 0.29) is 5.41 Å². The van der Waals surface area contributed by atoms with E-state index in [1.165, 1.54) is 22.3 Å². The fourth-order valence-electron chi connectivity index (χ4n) is 2.65. The molecule has 1 fully saturated rings. The zero-order valence-corrected chi connectivity index (χ0v) is 12.6. The standard InChI is InChI=1S/C17H24N2/c1-13-9-15(3)16(10-14(13)2)5-8-19(4)12-17(11-18)6-7-17/h9-10H,5-8,12H2,1-4H3. The summed E-state index contributed by atoms with van der Waals surface area (Å²) in [7, 11) is 2.13. The molecule has 1 aliphatic carbocycles. The number of nitriles is 1. The topological polar surface area (TPSA) is 27.0 Å². The van der Waals surface area contributed by atoms with E-state index in [1.807, 2.05) is 0 Å². The van der Waals surface area contributed by atoms with Crippen LogP contribution >= 0.6 is 0 Å². The van der Waals surface area contributed by atoms with Crippen molar-refractivity contribution >= 4 is 0 Å². The molecule has 1 aromatic rings. The first kappa shape index (κ1) is 14.1. The highest BCUT2D eigenvalue weighted by atomic mass is 15.1. The number of hydrogen-bond donors (Lipinski definition) is 0. The van der Waals surface area contributed by atoms with Crippen LogP contribution in [0.15, 0.2) is 12.1 Å². The van der Waals surface area contributed by atoms with Gasteiger partial charge in [-0.1, -0.05) is 12.1 Å². The number of rotatable bonds is 5. The normalized spacial score (nSPS) is 16.4. The highest BCUT2D eigenvalue weighted by Gasteiger charge is 2.43. The molecule has 2 rings (SSSR count). The zero-order valence-electron chi connectivity index (χ0n) is 12.6. The predicted molar refractivity (Wildman–Crippen MR) is 79.1 cm³/mol. The summed E-state index contributed by atoms with van der Waals surface area (Å²) in [5, 5.41) is 9.13. The summed E-state index contributed by atoms with van der Waals surface area (Å²) < 4.78 is 0. The second-order valence-corrected chi connectivity index (χ2v) is 6.24. The van der Waals surface area contributed by atoms with Crippen molar-refractivity contribution in [3.8, 4) is 6.07 Å². The highest BCUT2D eigenvalue weighted by Crippen LogP contribution is 2.45. The van der Waals surface area contributed by atoms with E-state index in [9.17, 15) is 0 Å². The van der Waals surface area contributed by atoms with Crippen molar-refractivity contribution in [2.45, 2.75) is 40.0 Å².